The number of anilines is 1. The summed E-state index contributed by atoms with van der Waals surface area (Å²) in [4.78, 5) is 12.5. The Morgan fingerprint density at radius 1 is 1.42 bits per heavy atom. The molecule has 19 heavy (non-hydrogen) atoms. The summed E-state index contributed by atoms with van der Waals surface area (Å²) in [7, 11) is 0. The summed E-state index contributed by atoms with van der Waals surface area (Å²) in [6.45, 7) is 5.51. The Labute approximate surface area is 113 Å². The third kappa shape index (κ3) is 2.95. The molecular weight excluding hydrogens is 243 g/mol. The van der Waals surface area contributed by atoms with Crippen LogP contribution in [0.2, 0.25) is 0 Å². The highest BCUT2D eigenvalue weighted by Crippen LogP contribution is 2.34. The highest BCUT2D eigenvalue weighted by molar-refractivity contribution is 5.95. The molecule has 4 heteroatoms. The summed E-state index contributed by atoms with van der Waals surface area (Å²) in [5, 5.41) is 6.22. The zero-order valence-corrected chi connectivity index (χ0v) is 11.6. The summed E-state index contributed by atoms with van der Waals surface area (Å²) in [5.41, 5.74) is 0.942. The van der Waals surface area contributed by atoms with Crippen LogP contribution in [0.5, 0.6) is 0 Å². The van der Waals surface area contributed by atoms with Gasteiger partial charge in [0, 0.05) is 5.69 Å². The normalized spacial score (nSPS) is 18.1. The number of rotatable bonds is 3. The summed E-state index contributed by atoms with van der Waals surface area (Å²) in [6.07, 6.45) is 2.55. The Morgan fingerprint density at radius 2 is 2.11 bits per heavy atom. The Balaban J connectivity index is 2.12. The van der Waals surface area contributed by atoms with Crippen molar-refractivity contribution in [1.82, 2.24) is 5.32 Å². The lowest BCUT2D eigenvalue weighted by atomic mass is 9.76. The second kappa shape index (κ2) is 5.70. The molecule has 0 unspecified atom stereocenters. The van der Waals surface area contributed by atoms with Crippen LogP contribution in [-0.2, 0) is 4.79 Å². The van der Waals surface area contributed by atoms with Crippen LogP contribution in [0.4, 0.5) is 10.1 Å². The van der Waals surface area contributed by atoms with Crippen molar-refractivity contribution in [2.45, 2.75) is 33.1 Å². The number of aryl methyl sites for hydroxylation is 1. The monoisotopic (exact) mass is 264 g/mol. The minimum absolute atomic E-state index is 0.0579. The predicted molar refractivity (Wildman–Crippen MR) is 74.6 cm³/mol. The zero-order chi connectivity index (χ0) is 13.9. The lowest BCUT2D eigenvalue weighted by molar-refractivity contribution is -0.127. The van der Waals surface area contributed by atoms with Crippen molar-refractivity contribution in [3.63, 3.8) is 0 Å². The molecule has 104 valence electrons. The van der Waals surface area contributed by atoms with E-state index >= 15 is 0 Å². The van der Waals surface area contributed by atoms with Gasteiger partial charge in [-0.3, -0.25) is 4.79 Å². The van der Waals surface area contributed by atoms with E-state index in [-0.39, 0.29) is 17.1 Å². The van der Waals surface area contributed by atoms with Gasteiger partial charge in [-0.25, -0.2) is 4.39 Å². The third-order valence-electron chi connectivity index (χ3n) is 4.13. The van der Waals surface area contributed by atoms with Crippen LogP contribution >= 0.6 is 0 Å². The molecule has 0 atom stereocenters. The fourth-order valence-corrected chi connectivity index (χ4v) is 2.63. The Kier molecular flexibility index (Phi) is 4.20. The number of amides is 1. The van der Waals surface area contributed by atoms with E-state index in [2.05, 4.69) is 17.6 Å². The molecule has 1 saturated heterocycles. The van der Waals surface area contributed by atoms with Gasteiger partial charge in [0.1, 0.15) is 5.82 Å². The van der Waals surface area contributed by atoms with Crippen LogP contribution < -0.4 is 10.6 Å². The van der Waals surface area contributed by atoms with Gasteiger partial charge in [-0.05, 0) is 63.0 Å². The third-order valence-corrected chi connectivity index (χ3v) is 4.13. The molecule has 1 aromatic carbocycles. The predicted octanol–water partition coefficient (Wildman–Crippen LogP) is 2.85. The zero-order valence-electron chi connectivity index (χ0n) is 11.6. The van der Waals surface area contributed by atoms with E-state index in [9.17, 15) is 9.18 Å². The quantitative estimate of drug-likeness (QED) is 0.881. The topological polar surface area (TPSA) is 41.1 Å². The maximum atomic E-state index is 13.2. The maximum absolute atomic E-state index is 13.2. The highest BCUT2D eigenvalue weighted by Gasteiger charge is 2.37. The van der Waals surface area contributed by atoms with Gasteiger partial charge < -0.3 is 10.6 Å². The molecule has 0 saturated carbocycles. The number of halogens is 1. The van der Waals surface area contributed by atoms with E-state index in [1.54, 1.807) is 19.1 Å². The molecule has 2 rings (SSSR count). The molecule has 1 amide bonds. The van der Waals surface area contributed by atoms with Gasteiger partial charge in [-0.2, -0.15) is 0 Å². The van der Waals surface area contributed by atoms with E-state index in [1.165, 1.54) is 6.07 Å². The number of benzene rings is 1. The van der Waals surface area contributed by atoms with Crippen LogP contribution in [0, 0.1) is 18.2 Å². The average molecular weight is 264 g/mol. The Bertz CT molecular complexity index is 467. The van der Waals surface area contributed by atoms with Gasteiger partial charge in [0.2, 0.25) is 5.91 Å². The number of carbonyl (C=O) groups is 1. The number of nitrogens with one attached hydrogen (secondary N) is 2. The first-order valence-corrected chi connectivity index (χ1v) is 6.86. The van der Waals surface area contributed by atoms with Crippen molar-refractivity contribution in [3.05, 3.63) is 29.6 Å². The molecule has 1 fully saturated rings. The van der Waals surface area contributed by atoms with Gasteiger partial charge in [0.05, 0.1) is 5.41 Å². The molecule has 2 N–H and O–H groups in total. The molecule has 1 aliphatic rings. The molecular formula is C15H21FN2O. The first-order chi connectivity index (χ1) is 9.07. The highest BCUT2D eigenvalue weighted by atomic mass is 19.1. The van der Waals surface area contributed by atoms with Crippen LogP contribution in [0.25, 0.3) is 0 Å². The molecule has 0 spiro atoms. The van der Waals surface area contributed by atoms with Crippen molar-refractivity contribution in [3.8, 4) is 0 Å². The Morgan fingerprint density at radius 3 is 2.68 bits per heavy atom. The van der Waals surface area contributed by atoms with Crippen LogP contribution in [-0.4, -0.2) is 19.0 Å². The minimum atomic E-state index is -0.284. The van der Waals surface area contributed by atoms with Crippen molar-refractivity contribution in [1.29, 1.82) is 0 Å². The lowest BCUT2D eigenvalue weighted by Gasteiger charge is -2.35. The summed E-state index contributed by atoms with van der Waals surface area (Å²) >= 11 is 0. The van der Waals surface area contributed by atoms with Crippen molar-refractivity contribution < 1.29 is 9.18 Å². The fourth-order valence-electron chi connectivity index (χ4n) is 2.63. The Hall–Kier alpha value is -1.42. The van der Waals surface area contributed by atoms with Crippen molar-refractivity contribution >= 4 is 11.6 Å². The molecule has 0 aromatic heterocycles. The molecule has 1 aromatic rings. The van der Waals surface area contributed by atoms with Gasteiger partial charge in [0.25, 0.3) is 0 Å². The van der Waals surface area contributed by atoms with Crippen LogP contribution in [0.3, 0.4) is 0 Å². The maximum Gasteiger partial charge on any atom is 0.230 e. The van der Waals surface area contributed by atoms with Crippen LogP contribution in [0.15, 0.2) is 18.2 Å². The lowest BCUT2D eigenvalue weighted by Crippen LogP contribution is -2.44. The first-order valence-electron chi connectivity index (χ1n) is 6.86. The molecule has 0 aliphatic carbocycles. The van der Waals surface area contributed by atoms with Crippen molar-refractivity contribution in [2.75, 3.05) is 18.4 Å². The number of piperidine rings is 1. The summed E-state index contributed by atoms with van der Waals surface area (Å²) < 4.78 is 13.2. The van der Waals surface area contributed by atoms with Gasteiger partial charge in [0.15, 0.2) is 0 Å². The number of hydrogen-bond donors (Lipinski definition) is 2. The molecule has 3 nitrogen and oxygen atoms in total. The smallest absolute Gasteiger partial charge is 0.230 e. The molecule has 0 bridgehead atoms. The van der Waals surface area contributed by atoms with Crippen LogP contribution in [0.1, 0.15) is 31.7 Å². The van der Waals surface area contributed by atoms with E-state index in [1.807, 2.05) is 0 Å². The number of carbonyl (C=O) groups excluding carboxylic acids is 1. The summed E-state index contributed by atoms with van der Waals surface area (Å²) in [6, 6.07) is 4.69. The molecule has 1 heterocycles. The molecule has 0 radical (unpaired) electrons. The van der Waals surface area contributed by atoms with Crippen molar-refractivity contribution in [2.24, 2.45) is 5.41 Å². The SMILES string of the molecule is CCC1(C(=O)Nc2ccc(F)c(C)c2)CCNCC1. The van der Waals surface area contributed by atoms with E-state index < -0.39 is 0 Å². The van der Waals surface area contributed by atoms with E-state index in [4.69, 9.17) is 0 Å². The second-order valence-corrected chi connectivity index (χ2v) is 5.30. The fraction of sp³-hybridized carbons (Fsp3) is 0.533. The van der Waals surface area contributed by atoms with E-state index in [0.717, 1.165) is 32.4 Å². The largest absolute Gasteiger partial charge is 0.326 e. The summed E-state index contributed by atoms with van der Waals surface area (Å²) in [5.74, 6) is -0.187. The van der Waals surface area contributed by atoms with E-state index in [0.29, 0.717) is 11.3 Å². The standard InChI is InChI=1S/C15H21FN2O/c1-3-15(6-8-17-9-7-15)14(19)18-12-4-5-13(16)11(2)10-12/h4-5,10,17H,3,6-9H2,1-2H3,(H,18,19). The number of hydrogen-bond acceptors (Lipinski definition) is 2. The first kappa shape index (κ1) is 14.0. The molecule has 1 aliphatic heterocycles. The van der Waals surface area contributed by atoms with Gasteiger partial charge >= 0.3 is 0 Å². The van der Waals surface area contributed by atoms with Gasteiger partial charge in [-0.1, -0.05) is 6.92 Å². The second-order valence-electron chi connectivity index (χ2n) is 5.30. The minimum Gasteiger partial charge on any atom is -0.326 e. The van der Waals surface area contributed by atoms with Gasteiger partial charge in [-0.15, -0.1) is 0 Å². The average Bonchev–Trinajstić information content (AvgIpc) is 2.43.